The zero-order valence-electron chi connectivity index (χ0n) is 28.8. The largest absolute Gasteiger partial charge is 0.458 e. The highest BCUT2D eigenvalue weighted by Gasteiger charge is 2.38. The van der Waals surface area contributed by atoms with Gasteiger partial charge >= 0.3 is 12.1 Å². The minimum absolute atomic E-state index is 0.210. The zero-order valence-corrected chi connectivity index (χ0v) is 28.8. The Hall–Kier alpha value is -3.88. The SMILES string of the molecule is CCCCCN(C(=O)C(C)NC(=O)OC(C)(C)C)C(C(=O)NC(Cc1ccccc1)C(=O)OC(C)(C)C)c1c(C)cccc1C. The Bertz CT molecular complexity index is 1280. The normalized spacial score (nSPS) is 13.6. The van der Waals surface area contributed by atoms with E-state index in [0.717, 1.165) is 29.5 Å². The summed E-state index contributed by atoms with van der Waals surface area (Å²) < 4.78 is 11.1. The summed E-state index contributed by atoms with van der Waals surface area (Å²) in [6, 6.07) is 12.0. The van der Waals surface area contributed by atoms with Gasteiger partial charge in [0.2, 0.25) is 11.8 Å². The first kappa shape index (κ1) is 37.3. The first-order valence-electron chi connectivity index (χ1n) is 15.9. The molecule has 45 heavy (non-hydrogen) atoms. The second-order valence-corrected chi connectivity index (χ2v) is 13.6. The van der Waals surface area contributed by atoms with Crippen molar-refractivity contribution in [3.05, 3.63) is 70.8 Å². The molecule has 3 unspecified atom stereocenters. The predicted octanol–water partition coefficient (Wildman–Crippen LogP) is 6.35. The highest BCUT2D eigenvalue weighted by Crippen LogP contribution is 2.29. The molecular formula is C36H53N3O6. The van der Waals surface area contributed by atoms with Gasteiger partial charge in [-0.2, -0.15) is 0 Å². The lowest BCUT2D eigenvalue weighted by molar-refractivity contribution is -0.159. The minimum atomic E-state index is -1.07. The highest BCUT2D eigenvalue weighted by molar-refractivity contribution is 5.94. The molecule has 0 heterocycles. The summed E-state index contributed by atoms with van der Waals surface area (Å²) in [5, 5.41) is 5.60. The lowest BCUT2D eigenvalue weighted by Gasteiger charge is -2.36. The number of carbonyl (C=O) groups is 4. The zero-order chi connectivity index (χ0) is 33.9. The predicted molar refractivity (Wildman–Crippen MR) is 177 cm³/mol. The van der Waals surface area contributed by atoms with Crippen LogP contribution in [-0.4, -0.2) is 58.6 Å². The van der Waals surface area contributed by atoms with Crippen molar-refractivity contribution in [3.8, 4) is 0 Å². The number of hydrogen-bond acceptors (Lipinski definition) is 6. The van der Waals surface area contributed by atoms with Crippen molar-refractivity contribution in [2.45, 2.75) is 124 Å². The molecule has 0 saturated heterocycles. The van der Waals surface area contributed by atoms with E-state index < -0.39 is 53.2 Å². The molecule has 9 nitrogen and oxygen atoms in total. The Labute approximate surface area is 269 Å². The maximum absolute atomic E-state index is 14.5. The Balaban J connectivity index is 2.59. The number of benzene rings is 2. The van der Waals surface area contributed by atoms with Gasteiger partial charge in [-0.15, -0.1) is 0 Å². The Morgan fingerprint density at radius 3 is 1.91 bits per heavy atom. The summed E-state index contributed by atoms with van der Waals surface area (Å²) in [5.74, 6) is -1.51. The van der Waals surface area contributed by atoms with E-state index in [-0.39, 0.29) is 13.0 Å². The molecule has 0 saturated carbocycles. The molecule has 0 aliphatic carbocycles. The van der Waals surface area contributed by atoms with Gasteiger partial charge < -0.3 is 25.0 Å². The number of hydrogen-bond donors (Lipinski definition) is 2. The van der Waals surface area contributed by atoms with Gasteiger partial charge in [0.05, 0.1) is 0 Å². The van der Waals surface area contributed by atoms with E-state index in [1.807, 2.05) is 62.4 Å². The van der Waals surface area contributed by atoms with E-state index in [2.05, 4.69) is 17.6 Å². The fraction of sp³-hybridized carbons (Fsp3) is 0.556. The third kappa shape index (κ3) is 12.2. The smallest absolute Gasteiger partial charge is 0.408 e. The molecule has 2 aromatic rings. The second kappa shape index (κ2) is 16.4. The van der Waals surface area contributed by atoms with Gasteiger partial charge in [-0.3, -0.25) is 9.59 Å². The van der Waals surface area contributed by atoms with Gasteiger partial charge in [-0.25, -0.2) is 9.59 Å². The molecule has 0 aliphatic rings. The van der Waals surface area contributed by atoms with Crippen LogP contribution in [0.2, 0.25) is 0 Å². The van der Waals surface area contributed by atoms with Crippen molar-refractivity contribution in [1.82, 2.24) is 15.5 Å². The van der Waals surface area contributed by atoms with E-state index >= 15 is 0 Å². The van der Waals surface area contributed by atoms with Gasteiger partial charge in [0.1, 0.15) is 29.3 Å². The second-order valence-electron chi connectivity index (χ2n) is 13.6. The van der Waals surface area contributed by atoms with Crippen molar-refractivity contribution in [3.63, 3.8) is 0 Å². The summed E-state index contributed by atoms with van der Waals surface area (Å²) in [5.41, 5.74) is 1.66. The van der Waals surface area contributed by atoms with E-state index in [4.69, 9.17) is 9.47 Å². The topological polar surface area (TPSA) is 114 Å². The number of esters is 1. The molecule has 0 radical (unpaired) electrons. The number of unbranched alkanes of at least 4 members (excludes halogenated alkanes) is 2. The number of alkyl carbamates (subject to hydrolysis) is 1. The lowest BCUT2D eigenvalue weighted by Crippen LogP contribution is -2.54. The summed E-state index contributed by atoms with van der Waals surface area (Å²) in [6.07, 6.45) is 1.88. The number of aryl methyl sites for hydroxylation is 2. The van der Waals surface area contributed by atoms with Crippen LogP contribution in [0.25, 0.3) is 0 Å². The van der Waals surface area contributed by atoms with E-state index in [1.54, 1.807) is 48.5 Å². The molecule has 3 amide bonds. The summed E-state index contributed by atoms with van der Waals surface area (Å²) in [7, 11) is 0. The number of amides is 3. The molecule has 9 heteroatoms. The average Bonchev–Trinajstić information content (AvgIpc) is 2.91. The summed E-state index contributed by atoms with van der Waals surface area (Å²) >= 11 is 0. The quantitative estimate of drug-likeness (QED) is 0.199. The highest BCUT2D eigenvalue weighted by atomic mass is 16.6. The first-order chi connectivity index (χ1) is 20.9. The van der Waals surface area contributed by atoms with Crippen LogP contribution in [0.1, 0.15) is 103 Å². The standard InChI is InChI=1S/C36H53N3O6/c1-11-12-16-22-39(32(41)26(4)37-34(43)45-36(8,9)10)30(29-24(2)18-17-19-25(29)3)31(40)38-28(33(42)44-35(5,6)7)23-27-20-14-13-15-21-27/h13-15,17-21,26,28,30H,11-12,16,22-23H2,1-10H3,(H,37,43)(H,38,40). The van der Waals surface area contributed by atoms with Crippen LogP contribution < -0.4 is 10.6 Å². The van der Waals surface area contributed by atoms with Crippen LogP contribution in [0.4, 0.5) is 4.79 Å². The van der Waals surface area contributed by atoms with Crippen LogP contribution >= 0.6 is 0 Å². The maximum atomic E-state index is 14.5. The van der Waals surface area contributed by atoms with Crippen molar-refractivity contribution < 1.29 is 28.7 Å². The maximum Gasteiger partial charge on any atom is 0.408 e. The monoisotopic (exact) mass is 623 g/mol. The third-order valence-electron chi connectivity index (χ3n) is 7.06. The Kier molecular flexibility index (Phi) is 13.6. The molecule has 2 aromatic carbocycles. The van der Waals surface area contributed by atoms with Gasteiger partial charge in [0.25, 0.3) is 0 Å². The van der Waals surface area contributed by atoms with Gasteiger partial charge in [-0.1, -0.05) is 68.3 Å². The van der Waals surface area contributed by atoms with Gasteiger partial charge in [0, 0.05) is 13.0 Å². The van der Waals surface area contributed by atoms with Crippen molar-refractivity contribution in [2.75, 3.05) is 6.54 Å². The molecule has 3 atom stereocenters. The molecule has 0 aliphatic heterocycles. The molecule has 0 fully saturated rings. The van der Waals surface area contributed by atoms with Gasteiger partial charge in [-0.05, 0) is 91.0 Å². The summed E-state index contributed by atoms with van der Waals surface area (Å²) in [4.78, 5) is 56.3. The number of nitrogens with zero attached hydrogens (tertiary/aromatic N) is 1. The Morgan fingerprint density at radius 1 is 0.800 bits per heavy atom. The van der Waals surface area contributed by atoms with Crippen LogP contribution in [-0.2, 0) is 30.3 Å². The van der Waals surface area contributed by atoms with Crippen molar-refractivity contribution in [2.24, 2.45) is 0 Å². The van der Waals surface area contributed by atoms with Crippen molar-refractivity contribution >= 4 is 23.9 Å². The Morgan fingerprint density at radius 2 is 1.38 bits per heavy atom. The molecule has 0 aromatic heterocycles. The minimum Gasteiger partial charge on any atom is -0.458 e. The number of nitrogens with one attached hydrogen (secondary N) is 2. The van der Waals surface area contributed by atoms with Crippen LogP contribution in [0, 0.1) is 13.8 Å². The average molecular weight is 624 g/mol. The molecule has 0 bridgehead atoms. The molecule has 2 rings (SSSR count). The third-order valence-corrected chi connectivity index (χ3v) is 7.06. The van der Waals surface area contributed by atoms with E-state index in [0.29, 0.717) is 12.0 Å². The van der Waals surface area contributed by atoms with E-state index in [1.165, 1.54) is 4.90 Å². The van der Waals surface area contributed by atoms with Crippen LogP contribution in [0.3, 0.4) is 0 Å². The van der Waals surface area contributed by atoms with Gasteiger partial charge in [0.15, 0.2) is 0 Å². The van der Waals surface area contributed by atoms with Crippen LogP contribution in [0.5, 0.6) is 0 Å². The fourth-order valence-corrected chi connectivity index (χ4v) is 5.05. The molecular weight excluding hydrogens is 570 g/mol. The fourth-order valence-electron chi connectivity index (χ4n) is 5.05. The molecule has 2 N–H and O–H groups in total. The number of ether oxygens (including phenoxy) is 2. The lowest BCUT2D eigenvalue weighted by atomic mass is 9.93. The van der Waals surface area contributed by atoms with E-state index in [9.17, 15) is 19.2 Å². The number of rotatable bonds is 13. The first-order valence-corrected chi connectivity index (χ1v) is 15.9. The molecule has 248 valence electrons. The number of carbonyl (C=O) groups excluding carboxylic acids is 4. The summed E-state index contributed by atoms with van der Waals surface area (Å²) in [6.45, 7) is 18.3. The van der Waals surface area contributed by atoms with Crippen LogP contribution in [0.15, 0.2) is 48.5 Å². The molecule has 0 spiro atoms. The van der Waals surface area contributed by atoms with Crippen molar-refractivity contribution in [1.29, 1.82) is 0 Å².